The number of nitro groups is 1. The molecule has 3 aromatic rings. The van der Waals surface area contributed by atoms with Crippen molar-refractivity contribution in [3.8, 4) is 11.5 Å². The third-order valence-electron chi connectivity index (χ3n) is 4.41. The molecule has 1 N–H and O–H groups in total. The average molecular weight is 430 g/mol. The quantitative estimate of drug-likeness (QED) is 0.416. The Hall–Kier alpha value is -3.82. The SMILES string of the molecule is Cc1ccc(C)c(Oc2cc(NC(=O)Cn3nc(C)cc3C(F)F)cc([N+](=O)[O-])c2)c1. The van der Waals surface area contributed by atoms with Crippen LogP contribution in [-0.2, 0) is 11.3 Å². The zero-order chi connectivity index (χ0) is 22.7. The molecule has 1 heterocycles. The van der Waals surface area contributed by atoms with Crippen LogP contribution in [0.5, 0.6) is 11.5 Å². The normalized spacial score (nSPS) is 10.9. The van der Waals surface area contributed by atoms with Crippen LogP contribution >= 0.6 is 0 Å². The van der Waals surface area contributed by atoms with Crippen molar-refractivity contribution >= 4 is 17.3 Å². The second-order valence-corrected chi connectivity index (χ2v) is 7.06. The molecule has 2 aromatic carbocycles. The minimum atomic E-state index is -2.79. The summed E-state index contributed by atoms with van der Waals surface area (Å²) >= 11 is 0. The van der Waals surface area contributed by atoms with Gasteiger partial charge in [-0.05, 0) is 44.0 Å². The zero-order valence-electron chi connectivity index (χ0n) is 17.1. The number of nitrogens with zero attached hydrogens (tertiary/aromatic N) is 3. The number of ether oxygens (including phenoxy) is 1. The van der Waals surface area contributed by atoms with E-state index in [1.54, 1.807) is 6.07 Å². The maximum Gasteiger partial charge on any atom is 0.280 e. The molecule has 8 nitrogen and oxygen atoms in total. The molecule has 0 bridgehead atoms. The zero-order valence-corrected chi connectivity index (χ0v) is 17.1. The molecule has 0 saturated heterocycles. The molecule has 0 aliphatic heterocycles. The van der Waals surface area contributed by atoms with Crippen LogP contribution in [0.25, 0.3) is 0 Å². The molecular formula is C21H20F2N4O4. The summed E-state index contributed by atoms with van der Waals surface area (Å²) < 4.78 is 32.9. The van der Waals surface area contributed by atoms with Gasteiger partial charge in [-0.25, -0.2) is 8.78 Å². The van der Waals surface area contributed by atoms with E-state index in [9.17, 15) is 23.7 Å². The van der Waals surface area contributed by atoms with Crippen molar-refractivity contribution in [1.29, 1.82) is 0 Å². The molecule has 0 aliphatic carbocycles. The summed E-state index contributed by atoms with van der Waals surface area (Å²) in [4.78, 5) is 23.1. The standard InChI is InChI=1S/C21H20F2N4O4/c1-12-4-5-13(2)19(6-12)31-17-9-15(8-16(10-17)27(29)30)24-20(28)11-26-18(21(22)23)7-14(3)25-26/h4-10,21H,11H2,1-3H3,(H,24,28). The first-order valence-electron chi connectivity index (χ1n) is 9.29. The Morgan fingerprint density at radius 3 is 2.61 bits per heavy atom. The summed E-state index contributed by atoms with van der Waals surface area (Å²) in [5, 5.41) is 17.7. The summed E-state index contributed by atoms with van der Waals surface area (Å²) in [6, 6.07) is 10.6. The van der Waals surface area contributed by atoms with Crippen LogP contribution in [0.1, 0.15) is 28.9 Å². The van der Waals surface area contributed by atoms with Gasteiger partial charge in [0, 0.05) is 12.1 Å². The molecule has 0 unspecified atom stereocenters. The monoisotopic (exact) mass is 430 g/mol. The van der Waals surface area contributed by atoms with Crippen molar-refractivity contribution in [2.24, 2.45) is 0 Å². The van der Waals surface area contributed by atoms with E-state index in [1.807, 2.05) is 26.0 Å². The Morgan fingerprint density at radius 1 is 1.19 bits per heavy atom. The Kier molecular flexibility index (Phi) is 6.28. The van der Waals surface area contributed by atoms with E-state index in [-0.39, 0.29) is 22.8 Å². The lowest BCUT2D eigenvalue weighted by atomic mass is 10.1. The van der Waals surface area contributed by atoms with Crippen LogP contribution in [0.3, 0.4) is 0 Å². The Bertz CT molecular complexity index is 1140. The number of hydrogen-bond donors (Lipinski definition) is 1. The number of non-ortho nitro benzene ring substituents is 1. The number of benzene rings is 2. The lowest BCUT2D eigenvalue weighted by molar-refractivity contribution is -0.384. The number of aryl methyl sites for hydroxylation is 3. The van der Waals surface area contributed by atoms with Gasteiger partial charge >= 0.3 is 0 Å². The number of aromatic nitrogens is 2. The van der Waals surface area contributed by atoms with Crippen LogP contribution in [-0.4, -0.2) is 20.6 Å². The number of rotatable bonds is 7. The van der Waals surface area contributed by atoms with E-state index in [0.717, 1.165) is 21.9 Å². The highest BCUT2D eigenvalue weighted by Crippen LogP contribution is 2.32. The fourth-order valence-corrected chi connectivity index (χ4v) is 2.97. The van der Waals surface area contributed by atoms with Gasteiger partial charge in [-0.15, -0.1) is 0 Å². The number of hydrogen-bond acceptors (Lipinski definition) is 5. The number of amides is 1. The fraction of sp³-hybridized carbons (Fsp3) is 0.238. The lowest BCUT2D eigenvalue weighted by Gasteiger charge is -2.12. The Morgan fingerprint density at radius 2 is 1.94 bits per heavy atom. The fourth-order valence-electron chi connectivity index (χ4n) is 2.97. The molecule has 10 heteroatoms. The van der Waals surface area contributed by atoms with Crippen LogP contribution < -0.4 is 10.1 Å². The van der Waals surface area contributed by atoms with Crippen molar-refractivity contribution in [2.45, 2.75) is 33.7 Å². The van der Waals surface area contributed by atoms with Crippen molar-refractivity contribution in [1.82, 2.24) is 9.78 Å². The number of alkyl halides is 2. The van der Waals surface area contributed by atoms with Gasteiger partial charge in [0.05, 0.1) is 22.4 Å². The van der Waals surface area contributed by atoms with Gasteiger partial charge in [0.1, 0.15) is 23.7 Å². The first-order chi connectivity index (χ1) is 14.6. The average Bonchev–Trinajstić information content (AvgIpc) is 3.04. The highest BCUT2D eigenvalue weighted by molar-refractivity contribution is 5.91. The molecule has 0 aliphatic rings. The van der Waals surface area contributed by atoms with Gasteiger partial charge in [0.25, 0.3) is 12.1 Å². The van der Waals surface area contributed by atoms with Gasteiger partial charge in [-0.2, -0.15) is 5.10 Å². The van der Waals surface area contributed by atoms with E-state index in [1.165, 1.54) is 25.1 Å². The summed E-state index contributed by atoms with van der Waals surface area (Å²) in [5.41, 5.74) is 1.55. The number of anilines is 1. The molecule has 0 fully saturated rings. The number of carbonyl (C=O) groups excluding carboxylic acids is 1. The number of carbonyl (C=O) groups is 1. The minimum absolute atomic E-state index is 0.0991. The van der Waals surface area contributed by atoms with Gasteiger partial charge < -0.3 is 10.1 Å². The van der Waals surface area contributed by atoms with Gasteiger partial charge in [-0.3, -0.25) is 19.6 Å². The summed E-state index contributed by atoms with van der Waals surface area (Å²) in [6.45, 7) is 4.79. The van der Waals surface area contributed by atoms with Crippen LogP contribution in [0.4, 0.5) is 20.2 Å². The molecule has 31 heavy (non-hydrogen) atoms. The first kappa shape index (κ1) is 21.9. The van der Waals surface area contributed by atoms with Crippen LogP contribution in [0, 0.1) is 30.9 Å². The summed E-state index contributed by atoms with van der Waals surface area (Å²) in [6.07, 6.45) is -2.79. The van der Waals surface area contributed by atoms with Crippen molar-refractivity contribution < 1.29 is 23.2 Å². The van der Waals surface area contributed by atoms with Gasteiger partial charge in [0.2, 0.25) is 5.91 Å². The molecule has 1 amide bonds. The smallest absolute Gasteiger partial charge is 0.280 e. The van der Waals surface area contributed by atoms with Gasteiger partial charge in [-0.1, -0.05) is 12.1 Å². The molecular weight excluding hydrogens is 410 g/mol. The van der Waals surface area contributed by atoms with E-state index < -0.39 is 23.8 Å². The highest BCUT2D eigenvalue weighted by atomic mass is 19.3. The lowest BCUT2D eigenvalue weighted by Crippen LogP contribution is -2.21. The number of halogens is 2. The Balaban J connectivity index is 1.84. The molecule has 0 saturated carbocycles. The van der Waals surface area contributed by atoms with Gasteiger partial charge in [0.15, 0.2) is 0 Å². The second kappa shape index (κ2) is 8.90. The minimum Gasteiger partial charge on any atom is -0.457 e. The Labute approximate surface area is 176 Å². The molecule has 0 atom stereocenters. The predicted octanol–water partition coefficient (Wildman–Crippen LogP) is 5.09. The topological polar surface area (TPSA) is 99.3 Å². The van der Waals surface area contributed by atoms with E-state index >= 15 is 0 Å². The summed E-state index contributed by atoms with van der Waals surface area (Å²) in [7, 11) is 0. The second-order valence-electron chi connectivity index (χ2n) is 7.06. The number of nitrogens with one attached hydrogen (secondary N) is 1. The molecule has 0 radical (unpaired) electrons. The molecule has 1 aromatic heterocycles. The third kappa shape index (κ3) is 5.41. The van der Waals surface area contributed by atoms with E-state index in [2.05, 4.69) is 10.4 Å². The van der Waals surface area contributed by atoms with Crippen molar-refractivity contribution in [3.05, 3.63) is 75.1 Å². The predicted molar refractivity (Wildman–Crippen MR) is 110 cm³/mol. The molecule has 3 rings (SSSR count). The van der Waals surface area contributed by atoms with E-state index in [4.69, 9.17) is 4.74 Å². The van der Waals surface area contributed by atoms with Crippen molar-refractivity contribution in [3.63, 3.8) is 0 Å². The molecule has 162 valence electrons. The maximum atomic E-state index is 13.1. The van der Waals surface area contributed by atoms with Crippen LogP contribution in [0.15, 0.2) is 42.5 Å². The molecule has 0 spiro atoms. The van der Waals surface area contributed by atoms with Crippen LogP contribution in [0.2, 0.25) is 0 Å². The van der Waals surface area contributed by atoms with Crippen molar-refractivity contribution in [2.75, 3.05) is 5.32 Å². The maximum absolute atomic E-state index is 13.1. The third-order valence-corrected chi connectivity index (χ3v) is 4.41. The largest absolute Gasteiger partial charge is 0.457 e. The summed E-state index contributed by atoms with van der Waals surface area (Å²) in [5.74, 6) is 0.0101. The first-order valence-corrected chi connectivity index (χ1v) is 9.29. The highest BCUT2D eigenvalue weighted by Gasteiger charge is 2.18. The number of nitro benzene ring substituents is 1. The van der Waals surface area contributed by atoms with E-state index in [0.29, 0.717) is 11.4 Å².